The number of rotatable bonds is 4. The van der Waals surface area contributed by atoms with Crippen LogP contribution in [0.3, 0.4) is 0 Å². The van der Waals surface area contributed by atoms with Crippen LogP contribution >= 0.6 is 11.3 Å². The average molecular weight is 307 g/mol. The summed E-state index contributed by atoms with van der Waals surface area (Å²) < 4.78 is 26.6. The van der Waals surface area contributed by atoms with Gasteiger partial charge in [0.05, 0.1) is 6.54 Å². The number of nitrogens with one attached hydrogen (secondary N) is 1. The summed E-state index contributed by atoms with van der Waals surface area (Å²) in [6, 6.07) is 4.93. The van der Waals surface area contributed by atoms with Crippen LogP contribution in [0.4, 0.5) is 0 Å². The molecule has 0 saturated carbocycles. The molecule has 0 bridgehead atoms. The Morgan fingerprint density at radius 1 is 1.40 bits per heavy atom. The van der Waals surface area contributed by atoms with Crippen LogP contribution in [0.1, 0.15) is 10.4 Å². The second kappa shape index (κ2) is 6.63. The van der Waals surface area contributed by atoms with E-state index in [9.17, 15) is 8.42 Å². The predicted molar refractivity (Wildman–Crippen MR) is 78.5 cm³/mol. The topological polar surface area (TPSA) is 85.1 Å². The van der Waals surface area contributed by atoms with Gasteiger partial charge in [0.15, 0.2) is 0 Å². The monoisotopic (exact) mass is 307 g/mol. The summed E-state index contributed by atoms with van der Waals surface area (Å²) in [4.78, 5) is 4.81. The van der Waals surface area contributed by atoms with Crippen LogP contribution < -0.4 is 10.5 Å². The van der Waals surface area contributed by atoms with Crippen LogP contribution in [-0.2, 0) is 16.6 Å². The van der Waals surface area contributed by atoms with Gasteiger partial charge in [-0.2, -0.15) is 0 Å². The highest BCUT2D eigenvalue weighted by atomic mass is 32.2. The molecule has 0 saturated heterocycles. The molecule has 2 heterocycles. The van der Waals surface area contributed by atoms with Crippen molar-refractivity contribution in [3.8, 4) is 11.8 Å². The number of nitrogens with zero attached hydrogens (tertiary/aromatic N) is 1. The summed E-state index contributed by atoms with van der Waals surface area (Å²) in [5.74, 6) is 5.67. The number of nitrogens with two attached hydrogens (primary N) is 1. The summed E-state index contributed by atoms with van der Waals surface area (Å²) in [7, 11) is -3.55. The van der Waals surface area contributed by atoms with E-state index >= 15 is 0 Å². The van der Waals surface area contributed by atoms with E-state index in [-0.39, 0.29) is 18.0 Å². The van der Waals surface area contributed by atoms with E-state index in [1.54, 1.807) is 6.07 Å². The van der Waals surface area contributed by atoms with Crippen molar-refractivity contribution < 1.29 is 8.42 Å². The Kier molecular flexibility index (Phi) is 4.87. The van der Waals surface area contributed by atoms with Crippen LogP contribution in [0.5, 0.6) is 0 Å². The summed E-state index contributed by atoms with van der Waals surface area (Å²) in [5.41, 5.74) is 6.13. The molecule has 0 amide bonds. The highest BCUT2D eigenvalue weighted by Gasteiger charge is 2.14. The van der Waals surface area contributed by atoms with Gasteiger partial charge in [0.25, 0.3) is 0 Å². The fraction of sp³-hybridized carbons (Fsp3) is 0.154. The molecule has 0 radical (unpaired) electrons. The number of hydrogen-bond acceptors (Lipinski definition) is 5. The highest BCUT2D eigenvalue weighted by Crippen LogP contribution is 2.16. The van der Waals surface area contributed by atoms with Gasteiger partial charge < -0.3 is 5.73 Å². The lowest BCUT2D eigenvalue weighted by Crippen LogP contribution is -2.23. The number of aromatic nitrogens is 1. The van der Waals surface area contributed by atoms with Gasteiger partial charge >= 0.3 is 0 Å². The maximum Gasteiger partial charge on any atom is 0.242 e. The first kappa shape index (κ1) is 14.7. The quantitative estimate of drug-likeness (QED) is 0.823. The van der Waals surface area contributed by atoms with Crippen molar-refractivity contribution in [2.45, 2.75) is 11.4 Å². The Balaban J connectivity index is 2.11. The van der Waals surface area contributed by atoms with E-state index in [0.29, 0.717) is 0 Å². The largest absolute Gasteiger partial charge is 0.320 e. The zero-order valence-corrected chi connectivity index (χ0v) is 12.2. The molecule has 2 aromatic rings. The average Bonchev–Trinajstić information content (AvgIpc) is 2.91. The Labute approximate surface area is 121 Å². The fourth-order valence-electron chi connectivity index (χ4n) is 1.49. The minimum Gasteiger partial charge on any atom is -0.320 e. The van der Waals surface area contributed by atoms with Crippen LogP contribution in [-0.4, -0.2) is 19.9 Å². The van der Waals surface area contributed by atoms with E-state index in [2.05, 4.69) is 21.5 Å². The van der Waals surface area contributed by atoms with E-state index < -0.39 is 10.0 Å². The van der Waals surface area contributed by atoms with E-state index in [1.165, 1.54) is 29.8 Å². The molecule has 0 spiro atoms. The van der Waals surface area contributed by atoms with Gasteiger partial charge in [-0.3, -0.25) is 4.98 Å². The molecule has 5 nitrogen and oxygen atoms in total. The molecule has 0 aromatic carbocycles. The lowest BCUT2D eigenvalue weighted by molar-refractivity contribution is 0.581. The van der Waals surface area contributed by atoms with Crippen LogP contribution in [0.15, 0.2) is 40.9 Å². The molecule has 0 atom stereocenters. The Hall–Kier alpha value is -1.72. The molecular formula is C13H13N3O2S2. The standard InChI is InChI=1S/C13H13N3O2S2/c14-6-1-3-11-5-8-19-13(11)10-16-20(17,18)12-4-2-7-15-9-12/h2,4-5,7-9,16H,6,10,14H2. The first-order valence-electron chi connectivity index (χ1n) is 5.78. The Morgan fingerprint density at radius 3 is 2.95 bits per heavy atom. The SMILES string of the molecule is NCC#Cc1ccsc1CNS(=O)(=O)c1cccnc1. The first-order valence-corrected chi connectivity index (χ1v) is 8.15. The maximum atomic E-state index is 12.1. The minimum atomic E-state index is -3.55. The van der Waals surface area contributed by atoms with Crippen molar-refractivity contribution in [3.05, 3.63) is 46.4 Å². The molecule has 104 valence electrons. The Bertz CT molecular complexity index is 728. The zero-order valence-electron chi connectivity index (χ0n) is 10.5. The smallest absolute Gasteiger partial charge is 0.242 e. The van der Waals surface area contributed by atoms with Gasteiger partial charge in [-0.1, -0.05) is 11.8 Å². The normalized spacial score (nSPS) is 10.8. The molecule has 2 aromatic heterocycles. The molecule has 0 fully saturated rings. The minimum absolute atomic E-state index is 0.145. The second-order valence-electron chi connectivity index (χ2n) is 3.78. The third-order valence-electron chi connectivity index (χ3n) is 2.44. The molecule has 0 aliphatic heterocycles. The number of thiophene rings is 1. The second-order valence-corrected chi connectivity index (χ2v) is 6.54. The fourth-order valence-corrected chi connectivity index (χ4v) is 3.30. The van der Waals surface area contributed by atoms with Crippen molar-refractivity contribution in [1.82, 2.24) is 9.71 Å². The summed E-state index contributed by atoms with van der Waals surface area (Å²) in [6.45, 7) is 0.472. The van der Waals surface area contributed by atoms with Gasteiger partial charge in [-0.25, -0.2) is 13.1 Å². The molecule has 7 heteroatoms. The van der Waals surface area contributed by atoms with Gasteiger partial charge in [0.2, 0.25) is 10.0 Å². The third kappa shape index (κ3) is 3.65. The molecule has 2 rings (SSSR count). The van der Waals surface area contributed by atoms with Gasteiger partial charge in [-0.05, 0) is 23.6 Å². The maximum absolute atomic E-state index is 12.1. The van der Waals surface area contributed by atoms with Crippen molar-refractivity contribution in [1.29, 1.82) is 0 Å². The lowest BCUT2D eigenvalue weighted by Gasteiger charge is -2.05. The zero-order chi connectivity index (χ0) is 14.4. The highest BCUT2D eigenvalue weighted by molar-refractivity contribution is 7.89. The van der Waals surface area contributed by atoms with E-state index in [4.69, 9.17) is 5.73 Å². The molecule has 0 aliphatic carbocycles. The summed E-state index contributed by atoms with van der Waals surface area (Å²) in [5, 5.41) is 1.87. The Morgan fingerprint density at radius 2 is 2.25 bits per heavy atom. The van der Waals surface area contributed by atoms with Crippen molar-refractivity contribution in [2.75, 3.05) is 6.54 Å². The third-order valence-corrected chi connectivity index (χ3v) is 4.75. The number of hydrogen-bond donors (Lipinski definition) is 2. The molecular weight excluding hydrogens is 294 g/mol. The van der Waals surface area contributed by atoms with Crippen molar-refractivity contribution in [2.24, 2.45) is 5.73 Å². The van der Waals surface area contributed by atoms with Crippen molar-refractivity contribution in [3.63, 3.8) is 0 Å². The van der Waals surface area contributed by atoms with Crippen LogP contribution in [0, 0.1) is 11.8 Å². The summed E-state index contributed by atoms with van der Waals surface area (Å²) >= 11 is 1.45. The summed E-state index contributed by atoms with van der Waals surface area (Å²) in [6.07, 6.45) is 2.84. The van der Waals surface area contributed by atoms with E-state index in [1.807, 2.05) is 11.4 Å². The molecule has 0 aliphatic rings. The molecule has 0 unspecified atom stereocenters. The van der Waals surface area contributed by atoms with Gasteiger partial charge in [-0.15, -0.1) is 11.3 Å². The number of pyridine rings is 1. The van der Waals surface area contributed by atoms with Crippen molar-refractivity contribution >= 4 is 21.4 Å². The lowest BCUT2D eigenvalue weighted by atomic mass is 10.2. The molecule has 3 N–H and O–H groups in total. The first-order chi connectivity index (χ1) is 9.63. The molecule has 20 heavy (non-hydrogen) atoms. The van der Waals surface area contributed by atoms with Crippen LogP contribution in [0.25, 0.3) is 0 Å². The predicted octanol–water partition coefficient (Wildman–Crippen LogP) is 0.932. The van der Waals surface area contributed by atoms with Crippen LogP contribution in [0.2, 0.25) is 0 Å². The van der Waals surface area contributed by atoms with Gasteiger partial charge in [0, 0.05) is 29.4 Å². The van der Waals surface area contributed by atoms with E-state index in [0.717, 1.165) is 10.4 Å². The number of sulfonamides is 1. The van der Waals surface area contributed by atoms with Gasteiger partial charge in [0.1, 0.15) is 4.90 Å².